The van der Waals surface area contributed by atoms with Gasteiger partial charge < -0.3 is 4.42 Å². The lowest BCUT2D eigenvalue weighted by atomic mass is 10.0. The largest absolute Gasteiger partial charge is 0.455 e. The maximum absolute atomic E-state index is 12.0. The molecule has 3 aromatic rings. The molecule has 0 fully saturated rings. The quantitative estimate of drug-likeness (QED) is 0.369. The molecular formula is C20H16N4O6. The molecular weight excluding hydrogens is 392 g/mol. The second kappa shape index (κ2) is 8.35. The minimum atomic E-state index is -0.561. The highest BCUT2D eigenvalue weighted by Gasteiger charge is 2.19. The van der Waals surface area contributed by atoms with Crippen molar-refractivity contribution in [3.05, 3.63) is 91.2 Å². The smallest absolute Gasteiger partial charge is 0.280 e. The van der Waals surface area contributed by atoms with Gasteiger partial charge in [-0.05, 0) is 55.3 Å². The Morgan fingerprint density at radius 2 is 1.67 bits per heavy atom. The van der Waals surface area contributed by atoms with E-state index in [0.717, 1.165) is 11.1 Å². The zero-order chi connectivity index (χ0) is 21.8. The zero-order valence-electron chi connectivity index (χ0n) is 16.0. The zero-order valence-corrected chi connectivity index (χ0v) is 16.0. The van der Waals surface area contributed by atoms with E-state index in [0.29, 0.717) is 11.3 Å². The molecule has 0 bridgehead atoms. The molecule has 1 N–H and O–H groups in total. The number of amides is 1. The number of nitro benzene ring substituents is 2. The molecule has 0 aliphatic carbocycles. The van der Waals surface area contributed by atoms with Crippen LogP contribution in [-0.2, 0) is 0 Å². The Labute approximate surface area is 170 Å². The molecule has 0 spiro atoms. The fourth-order valence-electron chi connectivity index (χ4n) is 2.67. The van der Waals surface area contributed by atoms with Crippen LogP contribution in [0.3, 0.4) is 0 Å². The van der Waals surface area contributed by atoms with Crippen LogP contribution in [0, 0.1) is 34.1 Å². The molecule has 0 unspecified atom stereocenters. The summed E-state index contributed by atoms with van der Waals surface area (Å²) in [6.45, 7) is 3.64. The summed E-state index contributed by atoms with van der Waals surface area (Å²) in [6.07, 6.45) is 1.25. The van der Waals surface area contributed by atoms with Gasteiger partial charge in [-0.2, -0.15) is 5.10 Å². The van der Waals surface area contributed by atoms with Gasteiger partial charge >= 0.3 is 0 Å². The van der Waals surface area contributed by atoms with Crippen LogP contribution in [0.4, 0.5) is 11.4 Å². The molecule has 1 amide bonds. The number of furan rings is 1. The van der Waals surface area contributed by atoms with Crippen molar-refractivity contribution in [3.8, 4) is 11.3 Å². The van der Waals surface area contributed by atoms with E-state index in [-0.39, 0.29) is 22.7 Å². The predicted molar refractivity (Wildman–Crippen MR) is 108 cm³/mol. The van der Waals surface area contributed by atoms with Gasteiger partial charge in [0.25, 0.3) is 17.3 Å². The Kier molecular flexibility index (Phi) is 5.68. The molecule has 0 saturated carbocycles. The fourth-order valence-corrected chi connectivity index (χ4v) is 2.67. The van der Waals surface area contributed by atoms with Crippen LogP contribution < -0.4 is 5.43 Å². The lowest BCUT2D eigenvalue weighted by Gasteiger charge is -2.04. The number of nitro groups is 2. The Hall–Kier alpha value is -4.34. The van der Waals surface area contributed by atoms with Crippen LogP contribution in [0.2, 0.25) is 0 Å². The number of non-ortho nitro benzene ring substituents is 1. The number of rotatable bonds is 6. The highest BCUT2D eigenvalue weighted by atomic mass is 16.6. The van der Waals surface area contributed by atoms with Crippen molar-refractivity contribution in [1.82, 2.24) is 5.43 Å². The van der Waals surface area contributed by atoms with Gasteiger partial charge in [-0.3, -0.25) is 25.0 Å². The number of aryl methyl sites for hydroxylation is 2. The summed E-state index contributed by atoms with van der Waals surface area (Å²) in [5.74, 6) is 0.0206. The lowest BCUT2D eigenvalue weighted by Crippen LogP contribution is -2.17. The Morgan fingerprint density at radius 1 is 1.00 bits per heavy atom. The van der Waals surface area contributed by atoms with Crippen LogP contribution >= 0.6 is 0 Å². The van der Waals surface area contributed by atoms with Gasteiger partial charge in [-0.25, -0.2) is 5.43 Å². The molecule has 0 aliphatic rings. The number of carbonyl (C=O) groups excluding carboxylic acids is 1. The van der Waals surface area contributed by atoms with Gasteiger partial charge in [-0.15, -0.1) is 0 Å². The summed E-state index contributed by atoms with van der Waals surface area (Å²) in [4.78, 5) is 33.0. The normalized spacial score (nSPS) is 10.9. The summed E-state index contributed by atoms with van der Waals surface area (Å²) >= 11 is 0. The third-order valence-corrected chi connectivity index (χ3v) is 4.40. The first-order chi connectivity index (χ1) is 14.3. The van der Waals surface area contributed by atoms with E-state index >= 15 is 0 Å². The summed E-state index contributed by atoms with van der Waals surface area (Å²) in [7, 11) is 0. The maximum Gasteiger partial charge on any atom is 0.280 e. The third-order valence-electron chi connectivity index (χ3n) is 4.40. The van der Waals surface area contributed by atoms with Crippen molar-refractivity contribution >= 4 is 23.5 Å². The van der Waals surface area contributed by atoms with E-state index in [9.17, 15) is 25.0 Å². The van der Waals surface area contributed by atoms with E-state index in [4.69, 9.17) is 4.42 Å². The van der Waals surface area contributed by atoms with E-state index in [2.05, 4.69) is 10.5 Å². The predicted octanol–water partition coefficient (Wildman–Crippen LogP) is 4.14. The highest BCUT2D eigenvalue weighted by Crippen LogP contribution is 2.33. The number of nitrogens with zero attached hydrogens (tertiary/aromatic N) is 3. The minimum absolute atomic E-state index is 0.0672. The first-order valence-electron chi connectivity index (χ1n) is 8.70. The summed E-state index contributed by atoms with van der Waals surface area (Å²) in [5.41, 5.74) is 4.32. The number of hydrogen-bond acceptors (Lipinski definition) is 7. The van der Waals surface area contributed by atoms with E-state index in [1.807, 2.05) is 6.92 Å². The third kappa shape index (κ3) is 4.38. The van der Waals surface area contributed by atoms with Crippen LogP contribution in [0.15, 0.2) is 58.0 Å². The van der Waals surface area contributed by atoms with E-state index in [1.54, 1.807) is 25.1 Å². The molecule has 0 aliphatic heterocycles. The highest BCUT2D eigenvalue weighted by molar-refractivity contribution is 5.95. The van der Waals surface area contributed by atoms with Gasteiger partial charge in [-0.1, -0.05) is 0 Å². The van der Waals surface area contributed by atoms with Crippen molar-refractivity contribution in [2.75, 3.05) is 0 Å². The Bertz CT molecular complexity index is 1160. The molecule has 10 nitrogen and oxygen atoms in total. The fraction of sp³-hybridized carbons (Fsp3) is 0.100. The molecule has 3 rings (SSSR count). The number of carbonyl (C=O) groups is 1. The average molecular weight is 408 g/mol. The topological polar surface area (TPSA) is 141 Å². The van der Waals surface area contributed by atoms with E-state index < -0.39 is 15.8 Å². The molecule has 0 radical (unpaired) electrons. The van der Waals surface area contributed by atoms with Crippen molar-refractivity contribution in [2.45, 2.75) is 13.8 Å². The molecule has 10 heteroatoms. The number of hydrogen-bond donors (Lipinski definition) is 1. The SMILES string of the molecule is Cc1cc(-c2ccc(/C=N/NC(=O)c3ccc([N+](=O)[O-])cc3)o2)c([N+](=O)[O-])cc1C. The molecule has 1 aromatic heterocycles. The molecule has 152 valence electrons. The number of benzene rings is 2. The molecule has 0 atom stereocenters. The monoisotopic (exact) mass is 408 g/mol. The second-order valence-corrected chi connectivity index (χ2v) is 6.42. The van der Waals surface area contributed by atoms with E-state index in [1.165, 1.54) is 36.5 Å². The van der Waals surface area contributed by atoms with Gasteiger partial charge in [0.2, 0.25) is 0 Å². The summed E-state index contributed by atoms with van der Waals surface area (Å²) < 4.78 is 5.60. The van der Waals surface area contributed by atoms with Gasteiger partial charge in [0.1, 0.15) is 11.5 Å². The van der Waals surface area contributed by atoms with Crippen LogP contribution in [0.1, 0.15) is 27.2 Å². The molecule has 2 aromatic carbocycles. The summed E-state index contributed by atoms with van der Waals surface area (Å²) in [5, 5.41) is 25.8. The standard InChI is InChI=1S/C20H16N4O6/c1-12-9-17(18(24(28)29)10-13(12)2)19-8-7-16(30-19)11-21-22-20(25)14-3-5-15(6-4-14)23(26)27/h3-11H,1-2H3,(H,22,25)/b21-11+. The van der Waals surface area contributed by atoms with Gasteiger partial charge in [0.15, 0.2) is 0 Å². The van der Waals surface area contributed by atoms with Gasteiger partial charge in [0, 0.05) is 23.8 Å². The van der Waals surface area contributed by atoms with Crippen molar-refractivity contribution in [1.29, 1.82) is 0 Å². The summed E-state index contributed by atoms with van der Waals surface area (Å²) in [6, 6.07) is 11.4. The van der Waals surface area contributed by atoms with Crippen LogP contribution in [-0.4, -0.2) is 22.0 Å². The first kappa shape index (κ1) is 20.4. The van der Waals surface area contributed by atoms with Crippen LogP contribution in [0.25, 0.3) is 11.3 Å². The lowest BCUT2D eigenvalue weighted by molar-refractivity contribution is -0.384. The number of nitrogens with one attached hydrogen (secondary N) is 1. The molecule has 1 heterocycles. The van der Waals surface area contributed by atoms with Crippen LogP contribution in [0.5, 0.6) is 0 Å². The Balaban J connectivity index is 1.74. The van der Waals surface area contributed by atoms with Crippen molar-refractivity contribution in [3.63, 3.8) is 0 Å². The van der Waals surface area contributed by atoms with Crippen molar-refractivity contribution < 1.29 is 19.1 Å². The van der Waals surface area contributed by atoms with Crippen molar-refractivity contribution in [2.24, 2.45) is 5.10 Å². The molecule has 30 heavy (non-hydrogen) atoms. The first-order valence-corrected chi connectivity index (χ1v) is 8.70. The minimum Gasteiger partial charge on any atom is -0.455 e. The second-order valence-electron chi connectivity index (χ2n) is 6.42. The maximum atomic E-state index is 12.0. The molecule has 0 saturated heterocycles. The van der Waals surface area contributed by atoms with Gasteiger partial charge in [0.05, 0.1) is 21.6 Å². The average Bonchev–Trinajstić information content (AvgIpc) is 3.18. The Morgan fingerprint density at radius 3 is 2.30 bits per heavy atom. The number of hydrazone groups is 1.